The molecule has 5 rings (SSSR count). The van der Waals surface area contributed by atoms with Crippen molar-refractivity contribution in [2.24, 2.45) is 0 Å². The number of carbonyl (C=O) groups excluding carboxylic acids is 1. The minimum absolute atomic E-state index is 0.124. The SMILES string of the molecule is Cc1ccc(-c2nc3ccccc3c(C(=O)Nc3cccc4ccccc34)c2C)cc1. The van der Waals surface area contributed by atoms with Crippen LogP contribution in [0.1, 0.15) is 21.5 Å². The van der Waals surface area contributed by atoms with Gasteiger partial charge < -0.3 is 5.32 Å². The van der Waals surface area contributed by atoms with Crippen LogP contribution in [-0.4, -0.2) is 10.9 Å². The third-order valence-electron chi connectivity index (χ3n) is 5.73. The van der Waals surface area contributed by atoms with Gasteiger partial charge in [-0.1, -0.05) is 84.4 Å². The molecule has 31 heavy (non-hydrogen) atoms. The molecule has 1 aromatic heterocycles. The van der Waals surface area contributed by atoms with Crippen molar-refractivity contribution in [2.45, 2.75) is 13.8 Å². The third kappa shape index (κ3) is 3.44. The summed E-state index contributed by atoms with van der Waals surface area (Å²) in [5, 5.41) is 6.13. The Bertz CT molecular complexity index is 1430. The van der Waals surface area contributed by atoms with E-state index in [0.29, 0.717) is 5.56 Å². The van der Waals surface area contributed by atoms with Crippen LogP contribution < -0.4 is 5.32 Å². The summed E-state index contributed by atoms with van der Waals surface area (Å²) in [7, 11) is 0. The highest BCUT2D eigenvalue weighted by molar-refractivity contribution is 6.16. The second kappa shape index (κ2) is 7.69. The van der Waals surface area contributed by atoms with E-state index in [0.717, 1.165) is 44.2 Å². The first-order chi connectivity index (χ1) is 15.1. The van der Waals surface area contributed by atoms with Crippen LogP contribution in [0.3, 0.4) is 0 Å². The molecule has 0 fully saturated rings. The Labute approximate surface area is 181 Å². The molecule has 5 aromatic rings. The Morgan fingerprint density at radius 2 is 1.42 bits per heavy atom. The largest absolute Gasteiger partial charge is 0.321 e. The number of aromatic nitrogens is 1. The molecule has 0 aliphatic heterocycles. The molecular weight excluding hydrogens is 380 g/mol. The van der Waals surface area contributed by atoms with Crippen molar-refractivity contribution in [1.29, 1.82) is 0 Å². The zero-order valence-electron chi connectivity index (χ0n) is 17.5. The van der Waals surface area contributed by atoms with Crippen LogP contribution in [0.5, 0.6) is 0 Å². The van der Waals surface area contributed by atoms with Gasteiger partial charge in [0, 0.05) is 22.0 Å². The molecule has 150 valence electrons. The van der Waals surface area contributed by atoms with Crippen molar-refractivity contribution < 1.29 is 4.79 Å². The number of para-hydroxylation sites is 1. The van der Waals surface area contributed by atoms with Gasteiger partial charge >= 0.3 is 0 Å². The molecule has 0 atom stereocenters. The number of hydrogen-bond acceptors (Lipinski definition) is 2. The Kier molecular flexibility index (Phi) is 4.72. The monoisotopic (exact) mass is 402 g/mol. The lowest BCUT2D eigenvalue weighted by Gasteiger charge is -2.16. The molecule has 3 nitrogen and oxygen atoms in total. The average molecular weight is 402 g/mol. The highest BCUT2D eigenvalue weighted by atomic mass is 16.1. The maximum atomic E-state index is 13.6. The zero-order valence-corrected chi connectivity index (χ0v) is 17.5. The van der Waals surface area contributed by atoms with Crippen LogP contribution in [0, 0.1) is 13.8 Å². The molecule has 0 saturated heterocycles. The van der Waals surface area contributed by atoms with Gasteiger partial charge in [-0.15, -0.1) is 0 Å². The quantitative estimate of drug-likeness (QED) is 0.356. The van der Waals surface area contributed by atoms with E-state index in [1.165, 1.54) is 5.56 Å². The molecule has 1 heterocycles. The molecule has 0 radical (unpaired) electrons. The predicted octanol–water partition coefficient (Wildman–Crippen LogP) is 6.92. The summed E-state index contributed by atoms with van der Waals surface area (Å²) in [6.45, 7) is 4.04. The summed E-state index contributed by atoms with van der Waals surface area (Å²) in [6.07, 6.45) is 0. The minimum atomic E-state index is -0.124. The maximum absolute atomic E-state index is 13.6. The zero-order chi connectivity index (χ0) is 21.4. The van der Waals surface area contributed by atoms with E-state index in [4.69, 9.17) is 4.98 Å². The number of fused-ring (bicyclic) bond motifs is 2. The molecule has 3 heteroatoms. The van der Waals surface area contributed by atoms with Crippen LogP contribution in [-0.2, 0) is 0 Å². The summed E-state index contributed by atoms with van der Waals surface area (Å²) in [4.78, 5) is 18.5. The maximum Gasteiger partial charge on any atom is 0.256 e. The fourth-order valence-corrected chi connectivity index (χ4v) is 4.11. The number of nitrogens with zero attached hydrogens (tertiary/aromatic N) is 1. The number of rotatable bonds is 3. The second-order valence-electron chi connectivity index (χ2n) is 7.82. The van der Waals surface area contributed by atoms with E-state index in [1.807, 2.05) is 73.7 Å². The van der Waals surface area contributed by atoms with E-state index in [1.54, 1.807) is 0 Å². The van der Waals surface area contributed by atoms with Gasteiger partial charge in [-0.2, -0.15) is 0 Å². The number of anilines is 1. The van der Waals surface area contributed by atoms with Crippen molar-refractivity contribution in [1.82, 2.24) is 4.98 Å². The molecular formula is C28H22N2O. The lowest BCUT2D eigenvalue weighted by atomic mass is 9.96. The first kappa shape index (κ1) is 19.0. The van der Waals surface area contributed by atoms with Crippen molar-refractivity contribution in [2.75, 3.05) is 5.32 Å². The number of carbonyl (C=O) groups is 1. The van der Waals surface area contributed by atoms with Gasteiger partial charge in [0.1, 0.15) is 0 Å². The first-order valence-corrected chi connectivity index (χ1v) is 10.4. The lowest BCUT2D eigenvalue weighted by Crippen LogP contribution is -2.15. The highest BCUT2D eigenvalue weighted by Gasteiger charge is 2.19. The summed E-state index contributed by atoms with van der Waals surface area (Å²) in [5.74, 6) is -0.124. The van der Waals surface area contributed by atoms with Crippen molar-refractivity contribution in [3.63, 3.8) is 0 Å². The summed E-state index contributed by atoms with van der Waals surface area (Å²) >= 11 is 0. The number of pyridine rings is 1. The number of aryl methyl sites for hydroxylation is 1. The van der Waals surface area contributed by atoms with Crippen LogP contribution in [0.15, 0.2) is 91.0 Å². The Morgan fingerprint density at radius 3 is 2.23 bits per heavy atom. The fourth-order valence-electron chi connectivity index (χ4n) is 4.11. The molecule has 0 aliphatic carbocycles. The molecule has 4 aromatic carbocycles. The van der Waals surface area contributed by atoms with E-state index < -0.39 is 0 Å². The highest BCUT2D eigenvalue weighted by Crippen LogP contribution is 2.31. The molecule has 1 amide bonds. The minimum Gasteiger partial charge on any atom is -0.321 e. The second-order valence-corrected chi connectivity index (χ2v) is 7.82. The smallest absolute Gasteiger partial charge is 0.256 e. The Balaban J connectivity index is 1.67. The lowest BCUT2D eigenvalue weighted by molar-refractivity contribution is 0.102. The normalized spacial score (nSPS) is 11.0. The van der Waals surface area contributed by atoms with Crippen LogP contribution >= 0.6 is 0 Å². The van der Waals surface area contributed by atoms with Gasteiger partial charge in [0.2, 0.25) is 0 Å². The fraction of sp³-hybridized carbons (Fsp3) is 0.0714. The van der Waals surface area contributed by atoms with E-state index in [2.05, 4.69) is 36.5 Å². The summed E-state index contributed by atoms with van der Waals surface area (Å²) in [5.41, 5.74) is 6.19. The average Bonchev–Trinajstić information content (AvgIpc) is 2.79. The number of nitrogens with one attached hydrogen (secondary N) is 1. The molecule has 0 saturated carbocycles. The molecule has 0 bridgehead atoms. The van der Waals surface area contributed by atoms with E-state index in [9.17, 15) is 4.79 Å². The van der Waals surface area contributed by atoms with Gasteiger partial charge in [-0.25, -0.2) is 4.98 Å². The van der Waals surface area contributed by atoms with Gasteiger partial charge in [-0.05, 0) is 36.9 Å². The van der Waals surface area contributed by atoms with Crippen LogP contribution in [0.25, 0.3) is 32.9 Å². The number of hydrogen-bond donors (Lipinski definition) is 1. The molecule has 0 aliphatic rings. The van der Waals surface area contributed by atoms with Gasteiger partial charge in [0.15, 0.2) is 0 Å². The van der Waals surface area contributed by atoms with Crippen molar-refractivity contribution in [3.8, 4) is 11.3 Å². The summed E-state index contributed by atoms with van der Waals surface area (Å²) < 4.78 is 0. The van der Waals surface area contributed by atoms with E-state index in [-0.39, 0.29) is 5.91 Å². The van der Waals surface area contributed by atoms with Gasteiger partial charge in [0.25, 0.3) is 5.91 Å². The molecule has 0 spiro atoms. The van der Waals surface area contributed by atoms with Gasteiger partial charge in [0.05, 0.1) is 16.8 Å². The number of amides is 1. The molecule has 0 unspecified atom stereocenters. The predicted molar refractivity (Wildman–Crippen MR) is 129 cm³/mol. The third-order valence-corrected chi connectivity index (χ3v) is 5.73. The molecule has 1 N–H and O–H groups in total. The van der Waals surface area contributed by atoms with Gasteiger partial charge in [-0.3, -0.25) is 4.79 Å². The first-order valence-electron chi connectivity index (χ1n) is 10.4. The van der Waals surface area contributed by atoms with Crippen LogP contribution in [0.4, 0.5) is 5.69 Å². The summed E-state index contributed by atoms with van der Waals surface area (Å²) in [6, 6.07) is 30.1. The Hall–Kier alpha value is -3.98. The topological polar surface area (TPSA) is 42.0 Å². The standard InChI is InChI=1S/C28H22N2O/c1-18-14-16-21(17-15-18)27-19(2)26(23-11-5-6-12-25(23)29-27)28(31)30-24-13-7-9-20-8-3-4-10-22(20)24/h3-17H,1-2H3,(H,30,31). The van der Waals surface area contributed by atoms with Crippen molar-refractivity contribution >= 4 is 33.3 Å². The number of benzene rings is 4. The van der Waals surface area contributed by atoms with Crippen LogP contribution in [0.2, 0.25) is 0 Å². The van der Waals surface area contributed by atoms with Crippen molar-refractivity contribution in [3.05, 3.63) is 108 Å². The Morgan fingerprint density at radius 1 is 0.742 bits per heavy atom. The van der Waals surface area contributed by atoms with E-state index >= 15 is 0 Å².